The summed E-state index contributed by atoms with van der Waals surface area (Å²) in [6, 6.07) is 6.00. The minimum Gasteiger partial charge on any atom is -0.378 e. The molecule has 0 saturated carbocycles. The number of methoxy groups -OCH3 is 1. The SMILES string of the molecule is COCc1nc(CCNS(=O)(=O)c2cccc(C(C)=O)c2)cs1. The number of aromatic nitrogens is 1. The van der Waals surface area contributed by atoms with Crippen LogP contribution in [0.25, 0.3) is 0 Å². The molecule has 0 aliphatic carbocycles. The number of carbonyl (C=O) groups excluding carboxylic acids is 1. The first-order valence-electron chi connectivity index (χ1n) is 6.95. The molecule has 1 N–H and O–H groups in total. The Bertz CT molecular complexity index is 784. The van der Waals surface area contributed by atoms with E-state index < -0.39 is 10.0 Å². The number of ether oxygens (including phenoxy) is 1. The highest BCUT2D eigenvalue weighted by atomic mass is 32.2. The zero-order valence-corrected chi connectivity index (χ0v) is 14.5. The third-order valence-electron chi connectivity index (χ3n) is 3.09. The molecule has 8 heteroatoms. The van der Waals surface area contributed by atoms with E-state index in [2.05, 4.69) is 9.71 Å². The molecule has 23 heavy (non-hydrogen) atoms. The van der Waals surface area contributed by atoms with E-state index in [1.165, 1.54) is 30.4 Å². The normalized spacial score (nSPS) is 11.6. The number of ketones is 1. The summed E-state index contributed by atoms with van der Waals surface area (Å²) in [7, 11) is -2.04. The van der Waals surface area contributed by atoms with Gasteiger partial charge in [0.25, 0.3) is 0 Å². The van der Waals surface area contributed by atoms with E-state index in [0.29, 0.717) is 18.6 Å². The van der Waals surface area contributed by atoms with E-state index in [0.717, 1.165) is 10.7 Å². The lowest BCUT2D eigenvalue weighted by atomic mass is 10.2. The highest BCUT2D eigenvalue weighted by molar-refractivity contribution is 7.89. The van der Waals surface area contributed by atoms with E-state index in [1.807, 2.05) is 5.38 Å². The van der Waals surface area contributed by atoms with E-state index in [-0.39, 0.29) is 17.2 Å². The molecule has 0 aliphatic rings. The van der Waals surface area contributed by atoms with Crippen molar-refractivity contribution in [3.63, 3.8) is 0 Å². The molecule has 0 aliphatic heterocycles. The van der Waals surface area contributed by atoms with Gasteiger partial charge in [-0.1, -0.05) is 12.1 Å². The molecule has 0 saturated heterocycles. The van der Waals surface area contributed by atoms with Crippen LogP contribution in [-0.2, 0) is 27.8 Å². The van der Waals surface area contributed by atoms with Gasteiger partial charge in [-0.05, 0) is 19.1 Å². The Kier molecular flexibility index (Phi) is 6.00. The third kappa shape index (κ3) is 4.93. The van der Waals surface area contributed by atoms with Crippen molar-refractivity contribution in [1.29, 1.82) is 0 Å². The van der Waals surface area contributed by atoms with E-state index >= 15 is 0 Å². The van der Waals surface area contributed by atoms with Crippen molar-refractivity contribution in [3.05, 3.63) is 45.9 Å². The molecule has 0 amide bonds. The highest BCUT2D eigenvalue weighted by Crippen LogP contribution is 2.13. The largest absolute Gasteiger partial charge is 0.378 e. The second-order valence-electron chi connectivity index (χ2n) is 4.90. The van der Waals surface area contributed by atoms with Gasteiger partial charge >= 0.3 is 0 Å². The maximum absolute atomic E-state index is 12.2. The van der Waals surface area contributed by atoms with Crippen molar-refractivity contribution < 1.29 is 17.9 Å². The van der Waals surface area contributed by atoms with Crippen molar-refractivity contribution >= 4 is 27.1 Å². The first-order chi connectivity index (χ1) is 10.9. The van der Waals surface area contributed by atoms with Crippen molar-refractivity contribution in [2.45, 2.75) is 24.8 Å². The van der Waals surface area contributed by atoms with Crippen LogP contribution in [0.5, 0.6) is 0 Å². The standard InChI is InChI=1S/C15H18N2O4S2/c1-11(18)12-4-3-5-14(8-12)23(19,20)16-7-6-13-10-22-15(17-13)9-21-2/h3-5,8,10,16H,6-7,9H2,1-2H3. The first-order valence-corrected chi connectivity index (χ1v) is 9.31. The Morgan fingerprint density at radius 3 is 2.87 bits per heavy atom. The van der Waals surface area contributed by atoms with Crippen LogP contribution in [0.15, 0.2) is 34.5 Å². The van der Waals surface area contributed by atoms with E-state index in [9.17, 15) is 13.2 Å². The van der Waals surface area contributed by atoms with Gasteiger partial charge in [0.05, 0.1) is 17.2 Å². The summed E-state index contributed by atoms with van der Waals surface area (Å²) in [5.74, 6) is -0.171. The number of rotatable bonds is 8. The molecule has 1 heterocycles. The number of benzene rings is 1. The number of sulfonamides is 1. The summed E-state index contributed by atoms with van der Waals surface area (Å²) in [4.78, 5) is 15.8. The zero-order chi connectivity index (χ0) is 16.9. The average Bonchev–Trinajstić information content (AvgIpc) is 2.95. The number of nitrogens with one attached hydrogen (secondary N) is 1. The second-order valence-corrected chi connectivity index (χ2v) is 7.61. The third-order valence-corrected chi connectivity index (χ3v) is 5.42. The molecule has 0 bridgehead atoms. The smallest absolute Gasteiger partial charge is 0.240 e. The second kappa shape index (κ2) is 7.78. The summed E-state index contributed by atoms with van der Waals surface area (Å²) in [6.45, 7) is 2.09. The fourth-order valence-electron chi connectivity index (χ4n) is 1.93. The van der Waals surface area contributed by atoms with Gasteiger partial charge in [-0.25, -0.2) is 18.1 Å². The Morgan fingerprint density at radius 2 is 2.17 bits per heavy atom. The summed E-state index contributed by atoms with van der Waals surface area (Å²) < 4.78 is 32.0. The Morgan fingerprint density at radius 1 is 1.39 bits per heavy atom. The highest BCUT2D eigenvalue weighted by Gasteiger charge is 2.15. The van der Waals surface area contributed by atoms with Gasteiger partial charge in [0.1, 0.15) is 5.01 Å². The number of nitrogens with zero attached hydrogens (tertiary/aromatic N) is 1. The molecule has 1 aromatic carbocycles. The Hall–Kier alpha value is -1.61. The summed E-state index contributed by atoms with van der Waals surface area (Å²) in [5, 5.41) is 2.75. The van der Waals surface area contributed by atoms with Crippen LogP contribution in [0.4, 0.5) is 0 Å². The van der Waals surface area contributed by atoms with Crippen LogP contribution in [0.1, 0.15) is 28.0 Å². The molecule has 2 aromatic rings. The van der Waals surface area contributed by atoms with Gasteiger partial charge < -0.3 is 4.74 Å². The molecule has 0 unspecified atom stereocenters. The first kappa shape index (κ1) is 17.7. The number of Topliss-reactive ketones (excluding diaryl/α,β-unsaturated/α-hetero) is 1. The molecular weight excluding hydrogens is 336 g/mol. The average molecular weight is 354 g/mol. The predicted molar refractivity (Wildman–Crippen MR) is 88.2 cm³/mol. The van der Waals surface area contributed by atoms with E-state index in [4.69, 9.17) is 4.74 Å². The number of carbonyl (C=O) groups is 1. The van der Waals surface area contributed by atoms with Gasteiger partial charge in [0.15, 0.2) is 5.78 Å². The lowest BCUT2D eigenvalue weighted by molar-refractivity contribution is 0.101. The fourth-order valence-corrected chi connectivity index (χ4v) is 3.81. The molecule has 2 rings (SSSR count). The number of thiazole rings is 1. The van der Waals surface area contributed by atoms with Crippen LogP contribution >= 0.6 is 11.3 Å². The van der Waals surface area contributed by atoms with E-state index in [1.54, 1.807) is 19.2 Å². The zero-order valence-electron chi connectivity index (χ0n) is 12.9. The lowest BCUT2D eigenvalue weighted by Crippen LogP contribution is -2.26. The molecule has 0 radical (unpaired) electrons. The quantitative estimate of drug-likeness (QED) is 0.733. The molecular formula is C15H18N2O4S2. The number of hydrogen-bond donors (Lipinski definition) is 1. The minimum absolute atomic E-state index is 0.0866. The summed E-state index contributed by atoms with van der Waals surface area (Å²) in [5.41, 5.74) is 1.19. The van der Waals surface area contributed by atoms with Crippen LogP contribution in [0.3, 0.4) is 0 Å². The van der Waals surface area contributed by atoms with Crippen molar-refractivity contribution in [2.24, 2.45) is 0 Å². The molecule has 0 fully saturated rings. The van der Waals surface area contributed by atoms with Crippen molar-refractivity contribution in [1.82, 2.24) is 9.71 Å². The topological polar surface area (TPSA) is 85.4 Å². The summed E-state index contributed by atoms with van der Waals surface area (Å²) >= 11 is 1.48. The predicted octanol–water partition coefficient (Wildman–Crippen LogP) is 2.01. The van der Waals surface area contributed by atoms with Crippen LogP contribution in [0, 0.1) is 0 Å². The molecule has 1 aromatic heterocycles. The molecule has 6 nitrogen and oxygen atoms in total. The van der Waals surface area contributed by atoms with Gasteiger partial charge in [-0.2, -0.15) is 0 Å². The maximum atomic E-state index is 12.2. The maximum Gasteiger partial charge on any atom is 0.240 e. The van der Waals surface area contributed by atoms with Gasteiger partial charge in [0, 0.05) is 31.0 Å². The van der Waals surface area contributed by atoms with Gasteiger partial charge in [-0.3, -0.25) is 4.79 Å². The van der Waals surface area contributed by atoms with Crippen LogP contribution < -0.4 is 4.72 Å². The fraction of sp³-hybridized carbons (Fsp3) is 0.333. The van der Waals surface area contributed by atoms with Crippen molar-refractivity contribution in [3.8, 4) is 0 Å². The lowest BCUT2D eigenvalue weighted by Gasteiger charge is -2.07. The molecule has 0 atom stereocenters. The monoisotopic (exact) mass is 354 g/mol. The molecule has 124 valence electrons. The molecule has 0 spiro atoms. The van der Waals surface area contributed by atoms with Crippen LogP contribution in [0.2, 0.25) is 0 Å². The van der Waals surface area contributed by atoms with Gasteiger partial charge in [0.2, 0.25) is 10.0 Å². The minimum atomic E-state index is -3.64. The Labute approximate surface area is 139 Å². The number of hydrogen-bond acceptors (Lipinski definition) is 6. The Balaban J connectivity index is 1.98. The van der Waals surface area contributed by atoms with Crippen LogP contribution in [-0.4, -0.2) is 32.8 Å². The summed E-state index contributed by atoms with van der Waals surface area (Å²) in [6.07, 6.45) is 0.492. The van der Waals surface area contributed by atoms with Gasteiger partial charge in [-0.15, -0.1) is 11.3 Å². The van der Waals surface area contributed by atoms with Crippen molar-refractivity contribution in [2.75, 3.05) is 13.7 Å².